The lowest BCUT2D eigenvalue weighted by atomic mass is 10.0. The SMILES string of the molecule is COc1ccc(-c2oc3cc(C)c(C)cc3c(=O)c2OC(=O)c2ccc([N+](=O)[O-])cc2)cc1OC. The minimum atomic E-state index is -0.864. The number of benzene rings is 3. The first-order valence-corrected chi connectivity index (χ1v) is 10.5. The minimum absolute atomic E-state index is 0.0296. The molecule has 1 aromatic heterocycles. The smallest absolute Gasteiger partial charge is 0.343 e. The Morgan fingerprint density at radius 1 is 0.914 bits per heavy atom. The van der Waals surface area contributed by atoms with Crippen LogP contribution in [0.4, 0.5) is 5.69 Å². The van der Waals surface area contributed by atoms with Crippen LogP contribution < -0.4 is 19.6 Å². The molecule has 0 atom stereocenters. The maximum absolute atomic E-state index is 13.5. The highest BCUT2D eigenvalue weighted by Crippen LogP contribution is 2.37. The van der Waals surface area contributed by atoms with Crippen molar-refractivity contribution in [3.63, 3.8) is 0 Å². The second-order valence-corrected chi connectivity index (χ2v) is 7.79. The molecule has 0 aliphatic heterocycles. The van der Waals surface area contributed by atoms with E-state index in [2.05, 4.69) is 0 Å². The number of nitro groups is 1. The molecule has 35 heavy (non-hydrogen) atoms. The Balaban J connectivity index is 1.89. The second-order valence-electron chi connectivity index (χ2n) is 7.79. The molecule has 0 aliphatic rings. The largest absolute Gasteiger partial charge is 0.493 e. The van der Waals surface area contributed by atoms with Crippen molar-refractivity contribution in [3.05, 3.63) is 91.6 Å². The fraction of sp³-hybridized carbons (Fsp3) is 0.154. The number of nitro benzene ring substituents is 1. The molecule has 0 saturated carbocycles. The summed E-state index contributed by atoms with van der Waals surface area (Å²) in [5, 5.41) is 11.2. The summed E-state index contributed by atoms with van der Waals surface area (Å²) in [5.41, 5.74) is 1.88. The van der Waals surface area contributed by atoms with E-state index in [1.54, 1.807) is 30.3 Å². The predicted molar refractivity (Wildman–Crippen MR) is 129 cm³/mol. The van der Waals surface area contributed by atoms with Gasteiger partial charge in [-0.05, 0) is 67.4 Å². The van der Waals surface area contributed by atoms with Crippen LogP contribution in [-0.4, -0.2) is 25.1 Å². The van der Waals surface area contributed by atoms with Crippen LogP contribution in [-0.2, 0) is 0 Å². The number of carbonyl (C=O) groups excluding carboxylic acids is 1. The van der Waals surface area contributed by atoms with Gasteiger partial charge in [-0.1, -0.05) is 0 Å². The normalized spacial score (nSPS) is 10.7. The molecule has 4 aromatic rings. The molecule has 9 heteroatoms. The zero-order valence-corrected chi connectivity index (χ0v) is 19.4. The molecule has 0 saturated heterocycles. The Hall–Kier alpha value is -4.66. The summed E-state index contributed by atoms with van der Waals surface area (Å²) in [5.74, 6) is -0.286. The van der Waals surface area contributed by atoms with Crippen molar-refractivity contribution in [3.8, 4) is 28.6 Å². The van der Waals surface area contributed by atoms with Crippen molar-refractivity contribution in [1.29, 1.82) is 0 Å². The van der Waals surface area contributed by atoms with Gasteiger partial charge in [0.05, 0.1) is 30.1 Å². The molecule has 0 spiro atoms. The number of non-ortho nitro benzene ring substituents is 1. The number of hydrogen-bond acceptors (Lipinski definition) is 8. The fourth-order valence-electron chi connectivity index (χ4n) is 3.56. The molecule has 0 radical (unpaired) electrons. The van der Waals surface area contributed by atoms with Crippen LogP contribution >= 0.6 is 0 Å². The summed E-state index contributed by atoms with van der Waals surface area (Å²) in [4.78, 5) is 36.7. The van der Waals surface area contributed by atoms with Crippen molar-refractivity contribution in [2.24, 2.45) is 0 Å². The number of ether oxygens (including phenoxy) is 3. The molecule has 4 rings (SSSR count). The van der Waals surface area contributed by atoms with Crippen LogP contribution in [0.1, 0.15) is 21.5 Å². The van der Waals surface area contributed by atoms with E-state index in [9.17, 15) is 19.7 Å². The fourth-order valence-corrected chi connectivity index (χ4v) is 3.56. The lowest BCUT2D eigenvalue weighted by Crippen LogP contribution is -2.16. The van der Waals surface area contributed by atoms with Gasteiger partial charge in [0.25, 0.3) is 5.69 Å². The van der Waals surface area contributed by atoms with E-state index in [1.807, 2.05) is 13.8 Å². The molecule has 0 amide bonds. The van der Waals surface area contributed by atoms with Crippen molar-refractivity contribution < 1.29 is 28.3 Å². The number of esters is 1. The first kappa shape index (κ1) is 23.5. The third kappa shape index (κ3) is 4.43. The van der Waals surface area contributed by atoms with Crippen LogP contribution in [0.25, 0.3) is 22.3 Å². The van der Waals surface area contributed by atoms with Gasteiger partial charge in [0.2, 0.25) is 11.2 Å². The van der Waals surface area contributed by atoms with Gasteiger partial charge in [-0.3, -0.25) is 14.9 Å². The highest BCUT2D eigenvalue weighted by Gasteiger charge is 2.23. The van der Waals surface area contributed by atoms with Gasteiger partial charge >= 0.3 is 5.97 Å². The maximum atomic E-state index is 13.5. The van der Waals surface area contributed by atoms with Gasteiger partial charge in [0.15, 0.2) is 17.3 Å². The molecule has 0 unspecified atom stereocenters. The van der Waals surface area contributed by atoms with E-state index in [1.165, 1.54) is 38.5 Å². The van der Waals surface area contributed by atoms with Gasteiger partial charge < -0.3 is 18.6 Å². The molecule has 9 nitrogen and oxygen atoms in total. The van der Waals surface area contributed by atoms with Crippen molar-refractivity contribution in [1.82, 2.24) is 0 Å². The van der Waals surface area contributed by atoms with Crippen molar-refractivity contribution in [2.45, 2.75) is 13.8 Å². The van der Waals surface area contributed by atoms with Crippen molar-refractivity contribution >= 4 is 22.6 Å². The summed E-state index contributed by atoms with van der Waals surface area (Å²) >= 11 is 0. The standard InChI is InChI=1S/C26H21NO8/c1-14-11-19-21(12-15(14)2)34-24(17-7-10-20(32-3)22(13-17)33-4)25(23(19)28)35-26(29)16-5-8-18(9-6-16)27(30)31/h5-13H,1-4H3. The summed E-state index contributed by atoms with van der Waals surface area (Å²) in [7, 11) is 2.97. The van der Waals surface area contributed by atoms with Gasteiger partial charge in [-0.15, -0.1) is 0 Å². The van der Waals surface area contributed by atoms with Gasteiger partial charge in [-0.25, -0.2) is 4.79 Å². The van der Waals surface area contributed by atoms with E-state index >= 15 is 0 Å². The van der Waals surface area contributed by atoms with E-state index in [4.69, 9.17) is 18.6 Å². The number of aryl methyl sites for hydroxylation is 2. The summed E-state index contributed by atoms with van der Waals surface area (Å²) in [6.45, 7) is 3.76. The molecule has 0 fully saturated rings. The Morgan fingerprint density at radius 2 is 1.57 bits per heavy atom. The van der Waals surface area contributed by atoms with Gasteiger partial charge in [0.1, 0.15) is 5.58 Å². The van der Waals surface area contributed by atoms with Gasteiger partial charge in [0, 0.05) is 17.7 Å². The second kappa shape index (κ2) is 9.30. The Morgan fingerprint density at radius 3 is 2.20 bits per heavy atom. The average molecular weight is 475 g/mol. The van der Waals surface area contributed by atoms with Gasteiger partial charge in [-0.2, -0.15) is 0 Å². The first-order valence-electron chi connectivity index (χ1n) is 10.5. The lowest BCUT2D eigenvalue weighted by Gasteiger charge is -2.13. The number of nitrogens with zero attached hydrogens (tertiary/aromatic N) is 1. The number of fused-ring (bicyclic) bond motifs is 1. The van der Waals surface area contributed by atoms with Crippen LogP contribution in [0, 0.1) is 24.0 Å². The third-order valence-electron chi connectivity index (χ3n) is 5.62. The number of rotatable bonds is 6. The summed E-state index contributed by atoms with van der Waals surface area (Å²) in [6, 6.07) is 13.2. The zero-order chi connectivity index (χ0) is 25.3. The van der Waals surface area contributed by atoms with E-state index in [0.29, 0.717) is 22.6 Å². The predicted octanol–water partition coefficient (Wildman–Crippen LogP) is 5.22. The zero-order valence-electron chi connectivity index (χ0n) is 19.4. The number of carbonyl (C=O) groups is 1. The lowest BCUT2D eigenvalue weighted by molar-refractivity contribution is -0.384. The molecule has 0 N–H and O–H groups in total. The number of methoxy groups -OCH3 is 2. The van der Waals surface area contributed by atoms with Crippen LogP contribution in [0.2, 0.25) is 0 Å². The van der Waals surface area contributed by atoms with E-state index in [-0.39, 0.29) is 28.1 Å². The maximum Gasteiger partial charge on any atom is 0.343 e. The molecular formula is C26H21NO8. The molecule has 1 heterocycles. The Labute approximate surface area is 199 Å². The quantitative estimate of drug-likeness (QED) is 0.212. The minimum Gasteiger partial charge on any atom is -0.493 e. The van der Waals surface area contributed by atoms with Crippen LogP contribution in [0.3, 0.4) is 0 Å². The monoisotopic (exact) mass is 475 g/mol. The van der Waals surface area contributed by atoms with Crippen LogP contribution in [0.15, 0.2) is 63.8 Å². The topological polar surface area (TPSA) is 118 Å². The number of hydrogen-bond donors (Lipinski definition) is 0. The van der Waals surface area contributed by atoms with E-state index < -0.39 is 16.3 Å². The summed E-state index contributed by atoms with van der Waals surface area (Å²) in [6.07, 6.45) is 0. The Kier molecular flexibility index (Phi) is 6.24. The molecule has 0 aliphatic carbocycles. The summed E-state index contributed by atoms with van der Waals surface area (Å²) < 4.78 is 22.3. The third-order valence-corrected chi connectivity index (χ3v) is 5.62. The highest BCUT2D eigenvalue weighted by molar-refractivity contribution is 5.93. The van der Waals surface area contributed by atoms with Crippen LogP contribution in [0.5, 0.6) is 17.2 Å². The van der Waals surface area contributed by atoms with E-state index in [0.717, 1.165) is 11.1 Å². The molecule has 0 bridgehead atoms. The first-order chi connectivity index (χ1) is 16.7. The van der Waals surface area contributed by atoms with Crippen molar-refractivity contribution in [2.75, 3.05) is 14.2 Å². The highest BCUT2D eigenvalue weighted by atomic mass is 16.6. The Bertz CT molecular complexity index is 1520. The molecule has 3 aromatic carbocycles. The average Bonchev–Trinajstić information content (AvgIpc) is 2.86. The molecular weight excluding hydrogens is 454 g/mol. The molecule has 178 valence electrons.